The van der Waals surface area contributed by atoms with Gasteiger partial charge in [-0.2, -0.15) is 0 Å². The highest BCUT2D eigenvalue weighted by molar-refractivity contribution is 5.65. The van der Waals surface area contributed by atoms with Crippen LogP contribution in [0.4, 0.5) is 4.79 Å². The van der Waals surface area contributed by atoms with E-state index in [0.29, 0.717) is 0 Å². The molecule has 1 saturated heterocycles. The van der Waals surface area contributed by atoms with Crippen molar-refractivity contribution >= 4 is 6.09 Å². The molecule has 0 aromatic carbocycles. The number of carboxylic acid groups (broad SMARTS) is 1. The van der Waals surface area contributed by atoms with Crippen LogP contribution in [-0.2, 0) is 0 Å². The van der Waals surface area contributed by atoms with Crippen molar-refractivity contribution in [1.29, 1.82) is 0 Å². The molecule has 1 heterocycles. The standard InChI is InChI=1S/C11H22N2O2/c1-10(2,12-9(14)15)11(3,4)13-7-5-6-8-13/h12H,5-8H2,1-4H3,(H,14,15). The number of nitrogens with zero attached hydrogens (tertiary/aromatic N) is 1. The SMILES string of the molecule is CC(C)(NC(=O)O)C(C)(C)N1CCCC1. The van der Waals surface area contributed by atoms with Crippen molar-refractivity contribution in [3.8, 4) is 0 Å². The fourth-order valence-corrected chi connectivity index (χ4v) is 2.09. The van der Waals surface area contributed by atoms with Crippen LogP contribution in [0.15, 0.2) is 0 Å². The van der Waals surface area contributed by atoms with Crippen molar-refractivity contribution in [3.63, 3.8) is 0 Å². The molecule has 1 aliphatic heterocycles. The predicted octanol–water partition coefficient (Wildman–Crippen LogP) is 1.91. The first-order valence-corrected chi connectivity index (χ1v) is 5.53. The molecule has 0 unspecified atom stereocenters. The summed E-state index contributed by atoms with van der Waals surface area (Å²) in [4.78, 5) is 13.1. The summed E-state index contributed by atoms with van der Waals surface area (Å²) < 4.78 is 0. The zero-order valence-corrected chi connectivity index (χ0v) is 10.1. The summed E-state index contributed by atoms with van der Waals surface area (Å²) >= 11 is 0. The summed E-state index contributed by atoms with van der Waals surface area (Å²) in [5.41, 5.74) is -0.592. The molecular weight excluding hydrogens is 192 g/mol. The molecule has 0 aromatic rings. The number of amides is 1. The van der Waals surface area contributed by atoms with Gasteiger partial charge >= 0.3 is 6.09 Å². The Hall–Kier alpha value is -0.770. The van der Waals surface area contributed by atoms with Crippen LogP contribution in [0.3, 0.4) is 0 Å². The van der Waals surface area contributed by atoms with Crippen LogP contribution in [0.1, 0.15) is 40.5 Å². The molecule has 0 aliphatic carbocycles. The van der Waals surface area contributed by atoms with Crippen molar-refractivity contribution in [2.75, 3.05) is 13.1 Å². The van der Waals surface area contributed by atoms with Crippen LogP contribution < -0.4 is 5.32 Å². The highest BCUT2D eigenvalue weighted by atomic mass is 16.4. The minimum atomic E-state index is -0.952. The molecule has 88 valence electrons. The van der Waals surface area contributed by atoms with Crippen LogP contribution >= 0.6 is 0 Å². The summed E-state index contributed by atoms with van der Waals surface area (Å²) in [5, 5.41) is 11.4. The Bertz CT molecular complexity index is 243. The number of nitrogens with one attached hydrogen (secondary N) is 1. The number of likely N-dealkylation sites (tertiary alicyclic amines) is 1. The lowest BCUT2D eigenvalue weighted by molar-refractivity contribution is 0.0594. The maximum atomic E-state index is 10.7. The van der Waals surface area contributed by atoms with E-state index in [0.717, 1.165) is 13.1 Å². The first-order valence-electron chi connectivity index (χ1n) is 5.53. The Labute approximate surface area is 91.6 Å². The predicted molar refractivity (Wildman–Crippen MR) is 60.1 cm³/mol. The first kappa shape index (κ1) is 12.3. The van der Waals surface area contributed by atoms with Crippen LogP contribution in [-0.4, -0.2) is 40.3 Å². The normalized spacial score (nSPS) is 19.2. The third-order valence-corrected chi connectivity index (χ3v) is 3.85. The third kappa shape index (κ3) is 2.43. The van der Waals surface area contributed by atoms with Gasteiger partial charge in [0.25, 0.3) is 0 Å². The molecule has 1 amide bonds. The van der Waals surface area contributed by atoms with E-state index < -0.39 is 11.6 Å². The number of hydrogen-bond acceptors (Lipinski definition) is 2. The van der Waals surface area contributed by atoms with Gasteiger partial charge < -0.3 is 10.4 Å². The molecule has 0 atom stereocenters. The fraction of sp³-hybridized carbons (Fsp3) is 0.909. The Balaban J connectivity index is 2.77. The molecule has 0 saturated carbocycles. The molecule has 15 heavy (non-hydrogen) atoms. The molecule has 0 aromatic heterocycles. The van der Waals surface area contributed by atoms with Crippen LogP contribution in [0.5, 0.6) is 0 Å². The zero-order chi connectivity index (χ0) is 11.7. The monoisotopic (exact) mass is 214 g/mol. The highest BCUT2D eigenvalue weighted by Crippen LogP contribution is 2.30. The van der Waals surface area contributed by atoms with E-state index >= 15 is 0 Å². The van der Waals surface area contributed by atoms with E-state index in [1.54, 1.807) is 0 Å². The van der Waals surface area contributed by atoms with Gasteiger partial charge in [-0.05, 0) is 53.6 Å². The summed E-state index contributed by atoms with van der Waals surface area (Å²) in [6, 6.07) is 0. The van der Waals surface area contributed by atoms with Crippen molar-refractivity contribution in [2.24, 2.45) is 0 Å². The van der Waals surface area contributed by atoms with E-state index in [1.165, 1.54) is 12.8 Å². The summed E-state index contributed by atoms with van der Waals surface area (Å²) in [6.07, 6.45) is 1.48. The number of hydrogen-bond donors (Lipinski definition) is 2. The quantitative estimate of drug-likeness (QED) is 0.754. The van der Waals surface area contributed by atoms with Gasteiger partial charge in [-0.15, -0.1) is 0 Å². The second-order valence-electron chi connectivity index (χ2n) is 5.31. The molecule has 0 spiro atoms. The number of carbonyl (C=O) groups is 1. The molecule has 0 radical (unpaired) electrons. The van der Waals surface area contributed by atoms with E-state index in [9.17, 15) is 4.79 Å². The molecule has 4 nitrogen and oxygen atoms in total. The third-order valence-electron chi connectivity index (χ3n) is 3.85. The second-order valence-corrected chi connectivity index (χ2v) is 5.31. The topological polar surface area (TPSA) is 52.6 Å². The second kappa shape index (κ2) is 4.00. The molecule has 2 N–H and O–H groups in total. The minimum Gasteiger partial charge on any atom is -0.465 e. The van der Waals surface area contributed by atoms with E-state index in [2.05, 4.69) is 24.1 Å². The summed E-state index contributed by atoms with van der Waals surface area (Å²) in [5.74, 6) is 0. The molecule has 0 bridgehead atoms. The van der Waals surface area contributed by atoms with Crippen LogP contribution in [0.2, 0.25) is 0 Å². The van der Waals surface area contributed by atoms with E-state index in [4.69, 9.17) is 5.11 Å². The minimum absolute atomic E-state index is 0.151. The summed E-state index contributed by atoms with van der Waals surface area (Å²) in [7, 11) is 0. The van der Waals surface area contributed by atoms with Gasteiger partial charge in [0.2, 0.25) is 0 Å². The van der Waals surface area contributed by atoms with Gasteiger partial charge in [0.15, 0.2) is 0 Å². The van der Waals surface area contributed by atoms with Gasteiger partial charge in [0.1, 0.15) is 0 Å². The maximum absolute atomic E-state index is 10.7. The van der Waals surface area contributed by atoms with E-state index in [-0.39, 0.29) is 5.54 Å². The lowest BCUT2D eigenvalue weighted by Crippen LogP contribution is -2.64. The Kier molecular flexibility index (Phi) is 3.28. The average molecular weight is 214 g/mol. The van der Waals surface area contributed by atoms with Crippen molar-refractivity contribution in [2.45, 2.75) is 51.6 Å². The van der Waals surface area contributed by atoms with E-state index in [1.807, 2.05) is 13.8 Å². The van der Waals surface area contributed by atoms with Gasteiger partial charge in [0.05, 0.1) is 5.54 Å². The number of rotatable bonds is 3. The van der Waals surface area contributed by atoms with Crippen LogP contribution in [0, 0.1) is 0 Å². The fourth-order valence-electron chi connectivity index (χ4n) is 2.09. The van der Waals surface area contributed by atoms with Gasteiger partial charge in [0, 0.05) is 5.54 Å². The Morgan fingerprint density at radius 2 is 1.67 bits per heavy atom. The lowest BCUT2D eigenvalue weighted by atomic mass is 9.81. The Morgan fingerprint density at radius 3 is 2.07 bits per heavy atom. The van der Waals surface area contributed by atoms with Crippen molar-refractivity contribution in [3.05, 3.63) is 0 Å². The van der Waals surface area contributed by atoms with Gasteiger partial charge in [-0.25, -0.2) is 4.79 Å². The lowest BCUT2D eigenvalue weighted by Gasteiger charge is -2.47. The first-order chi connectivity index (χ1) is 6.77. The van der Waals surface area contributed by atoms with Gasteiger partial charge in [-0.1, -0.05) is 0 Å². The smallest absolute Gasteiger partial charge is 0.405 e. The van der Waals surface area contributed by atoms with Crippen molar-refractivity contribution < 1.29 is 9.90 Å². The summed E-state index contributed by atoms with van der Waals surface area (Å²) in [6.45, 7) is 10.2. The average Bonchev–Trinajstić information content (AvgIpc) is 2.52. The Morgan fingerprint density at radius 1 is 1.20 bits per heavy atom. The van der Waals surface area contributed by atoms with Gasteiger partial charge in [-0.3, -0.25) is 4.90 Å². The molecular formula is C11H22N2O2. The molecule has 1 aliphatic rings. The molecule has 1 rings (SSSR count). The highest BCUT2D eigenvalue weighted by Gasteiger charge is 2.43. The molecule has 1 fully saturated rings. The largest absolute Gasteiger partial charge is 0.465 e. The van der Waals surface area contributed by atoms with Crippen molar-refractivity contribution in [1.82, 2.24) is 10.2 Å². The maximum Gasteiger partial charge on any atom is 0.405 e. The zero-order valence-electron chi connectivity index (χ0n) is 10.1. The molecule has 4 heteroatoms. The van der Waals surface area contributed by atoms with Crippen LogP contribution in [0.25, 0.3) is 0 Å².